The van der Waals surface area contributed by atoms with E-state index in [-0.39, 0.29) is 17.9 Å². The van der Waals surface area contributed by atoms with Gasteiger partial charge in [-0.05, 0) is 28.9 Å². The van der Waals surface area contributed by atoms with Crippen LogP contribution in [-0.2, 0) is 4.79 Å². The highest BCUT2D eigenvalue weighted by Gasteiger charge is 2.43. The molecule has 2 fully saturated rings. The van der Waals surface area contributed by atoms with Crippen LogP contribution in [0.1, 0.15) is 113 Å². The fourth-order valence-electron chi connectivity index (χ4n) is 7.02. The second-order valence-corrected chi connectivity index (χ2v) is 13.1. The minimum Gasteiger partial charge on any atom is -0.481 e. The van der Waals surface area contributed by atoms with Crippen LogP contribution in [0.4, 0.5) is 0 Å². The molecule has 1 aromatic heterocycles. The van der Waals surface area contributed by atoms with Crippen molar-refractivity contribution in [3.05, 3.63) is 83.5 Å². The summed E-state index contributed by atoms with van der Waals surface area (Å²) in [5, 5.41) is 14.7. The molecule has 3 aromatic rings. The van der Waals surface area contributed by atoms with Gasteiger partial charge in [0.25, 0.3) is 0 Å². The number of hydrogen-bond acceptors (Lipinski definition) is 5. The fourth-order valence-corrected chi connectivity index (χ4v) is 7.02. The van der Waals surface area contributed by atoms with Crippen LogP contribution in [0.25, 0.3) is 0 Å². The summed E-state index contributed by atoms with van der Waals surface area (Å²) < 4.78 is 5.87. The van der Waals surface area contributed by atoms with E-state index in [1.807, 2.05) is 20.8 Å². The van der Waals surface area contributed by atoms with Gasteiger partial charge >= 0.3 is 5.97 Å². The van der Waals surface area contributed by atoms with Gasteiger partial charge in [-0.15, -0.1) is 0 Å². The molecule has 1 N–H and O–H groups in total. The van der Waals surface area contributed by atoms with Crippen molar-refractivity contribution in [2.24, 2.45) is 17.3 Å². The van der Waals surface area contributed by atoms with Crippen molar-refractivity contribution in [2.75, 3.05) is 13.1 Å². The second kappa shape index (κ2) is 12.7. The van der Waals surface area contributed by atoms with Crippen molar-refractivity contribution < 1.29 is 14.4 Å². The molecule has 6 heteroatoms. The van der Waals surface area contributed by atoms with Crippen LogP contribution < -0.4 is 0 Å². The number of aliphatic carboxylic acids is 1. The Morgan fingerprint density at radius 2 is 1.57 bits per heavy atom. The average molecular weight is 544 g/mol. The first-order valence-electron chi connectivity index (χ1n) is 15.2. The van der Waals surface area contributed by atoms with Crippen molar-refractivity contribution in [2.45, 2.75) is 90.0 Å². The third-order valence-corrected chi connectivity index (χ3v) is 9.10. The molecule has 1 aliphatic heterocycles. The lowest BCUT2D eigenvalue weighted by Crippen LogP contribution is -2.47. The molecule has 2 aliphatic rings. The quantitative estimate of drug-likeness (QED) is 0.265. The van der Waals surface area contributed by atoms with Gasteiger partial charge < -0.3 is 9.63 Å². The molecule has 2 atom stereocenters. The van der Waals surface area contributed by atoms with Crippen LogP contribution >= 0.6 is 0 Å². The largest absolute Gasteiger partial charge is 0.481 e. The normalized spacial score (nSPS) is 18.9. The Morgan fingerprint density at radius 1 is 0.975 bits per heavy atom. The maximum Gasteiger partial charge on any atom is 0.307 e. The summed E-state index contributed by atoms with van der Waals surface area (Å²) in [4.78, 5) is 19.9. The number of hydrogen-bond donors (Lipinski definition) is 1. The average Bonchev–Trinajstić information content (AvgIpc) is 3.40. The maximum atomic E-state index is 12.5. The number of carbonyl (C=O) groups is 1. The van der Waals surface area contributed by atoms with Crippen LogP contribution in [0.5, 0.6) is 0 Å². The Morgan fingerprint density at radius 3 is 2.12 bits per heavy atom. The minimum absolute atomic E-state index is 0.174. The Balaban J connectivity index is 1.30. The van der Waals surface area contributed by atoms with Gasteiger partial charge in [0.15, 0.2) is 5.82 Å². The van der Waals surface area contributed by atoms with Gasteiger partial charge in [-0.3, -0.25) is 9.69 Å². The number of likely N-dealkylation sites (tertiary alicyclic amines) is 1. The summed E-state index contributed by atoms with van der Waals surface area (Å²) in [6, 6.07) is 21.4. The summed E-state index contributed by atoms with van der Waals surface area (Å²) in [6.45, 7) is 7.69. The van der Waals surface area contributed by atoms with Crippen LogP contribution in [-0.4, -0.2) is 39.2 Å². The molecule has 0 radical (unpaired) electrons. The first kappa shape index (κ1) is 28.5. The lowest BCUT2D eigenvalue weighted by Gasteiger charge is -2.43. The van der Waals surface area contributed by atoms with Gasteiger partial charge in [-0.25, -0.2) is 0 Å². The zero-order valence-corrected chi connectivity index (χ0v) is 24.3. The van der Waals surface area contributed by atoms with E-state index in [4.69, 9.17) is 9.51 Å². The van der Waals surface area contributed by atoms with Crippen molar-refractivity contribution >= 4 is 5.97 Å². The summed E-state index contributed by atoms with van der Waals surface area (Å²) in [5.41, 5.74) is 2.13. The zero-order valence-electron chi connectivity index (χ0n) is 24.3. The van der Waals surface area contributed by atoms with Gasteiger partial charge in [0.1, 0.15) is 0 Å². The Labute approximate surface area is 239 Å². The molecule has 214 valence electrons. The Bertz CT molecular complexity index is 1170. The molecule has 1 saturated heterocycles. The van der Waals surface area contributed by atoms with Crippen LogP contribution in [0, 0.1) is 17.3 Å². The lowest BCUT2D eigenvalue weighted by atomic mass is 9.71. The highest BCUT2D eigenvalue weighted by atomic mass is 16.5. The molecule has 0 amide bonds. The fraction of sp³-hybridized carbons (Fsp3) is 0.559. The maximum absolute atomic E-state index is 12.5. The number of carboxylic acids is 1. The molecule has 2 heterocycles. The Hall–Kier alpha value is -2.99. The van der Waals surface area contributed by atoms with E-state index < -0.39 is 17.3 Å². The smallest absolute Gasteiger partial charge is 0.307 e. The molecule has 0 spiro atoms. The molecule has 2 aromatic carbocycles. The van der Waals surface area contributed by atoms with Crippen LogP contribution in [0.3, 0.4) is 0 Å². The number of carboxylic acid groups (broad SMARTS) is 1. The van der Waals surface area contributed by atoms with Crippen molar-refractivity contribution in [3.8, 4) is 0 Å². The monoisotopic (exact) mass is 543 g/mol. The van der Waals surface area contributed by atoms with E-state index in [1.165, 1.54) is 43.2 Å². The highest BCUT2D eigenvalue weighted by molar-refractivity contribution is 5.72. The SMILES string of the molecule is CC(C)(C)C(C(=O)O)[C@@H](CCCC1CCCCC1)c1nc(C2CN(C(c3ccccc3)c3ccccc3)C2)no1. The molecule has 1 unspecified atom stereocenters. The van der Waals surface area contributed by atoms with Gasteiger partial charge in [0.05, 0.1) is 17.9 Å². The Kier molecular flexibility index (Phi) is 9.04. The topological polar surface area (TPSA) is 79.5 Å². The summed E-state index contributed by atoms with van der Waals surface area (Å²) in [5.74, 6) is 0.522. The lowest BCUT2D eigenvalue weighted by molar-refractivity contribution is -0.147. The van der Waals surface area contributed by atoms with E-state index in [0.29, 0.717) is 11.7 Å². The second-order valence-electron chi connectivity index (χ2n) is 13.1. The van der Waals surface area contributed by atoms with Crippen LogP contribution in [0.2, 0.25) is 0 Å². The van der Waals surface area contributed by atoms with E-state index in [9.17, 15) is 9.90 Å². The number of rotatable bonds is 11. The van der Waals surface area contributed by atoms with Crippen molar-refractivity contribution in [1.82, 2.24) is 15.0 Å². The van der Waals surface area contributed by atoms with Gasteiger partial charge in [-0.1, -0.05) is 132 Å². The number of benzene rings is 2. The van der Waals surface area contributed by atoms with Crippen molar-refractivity contribution in [3.63, 3.8) is 0 Å². The third kappa shape index (κ3) is 6.65. The highest BCUT2D eigenvalue weighted by Crippen LogP contribution is 2.43. The van der Waals surface area contributed by atoms with Crippen LogP contribution in [0.15, 0.2) is 65.2 Å². The first-order chi connectivity index (χ1) is 19.3. The van der Waals surface area contributed by atoms with Crippen molar-refractivity contribution in [1.29, 1.82) is 0 Å². The van der Waals surface area contributed by atoms with Gasteiger partial charge in [-0.2, -0.15) is 4.98 Å². The summed E-state index contributed by atoms with van der Waals surface area (Å²) in [6.07, 6.45) is 9.55. The van der Waals surface area contributed by atoms with E-state index in [0.717, 1.165) is 38.3 Å². The molecule has 1 saturated carbocycles. The molecule has 5 rings (SSSR count). The summed E-state index contributed by atoms with van der Waals surface area (Å²) >= 11 is 0. The predicted octanol–water partition coefficient (Wildman–Crippen LogP) is 7.84. The minimum atomic E-state index is -0.779. The molecule has 1 aliphatic carbocycles. The molecular weight excluding hydrogens is 498 g/mol. The van der Waals surface area contributed by atoms with E-state index in [1.54, 1.807) is 0 Å². The molecular formula is C34H45N3O3. The standard InChI is InChI=1S/C34H45N3O3/c1-34(2,3)29(33(38)39)28(21-13-16-24-14-7-4-8-15-24)32-35-31(36-40-32)27-22-37(23-27)30(25-17-9-5-10-18-25)26-19-11-6-12-20-26/h5-6,9-12,17-20,24,27-30H,4,7-8,13-16,21-23H2,1-3H3,(H,38,39)/t28-,29?/m1/s1. The number of nitrogens with zero attached hydrogens (tertiary/aromatic N) is 3. The van der Waals surface area contributed by atoms with Gasteiger partial charge in [0.2, 0.25) is 5.89 Å². The predicted molar refractivity (Wildman–Crippen MR) is 157 cm³/mol. The molecule has 0 bridgehead atoms. The van der Waals surface area contributed by atoms with E-state index >= 15 is 0 Å². The molecule has 40 heavy (non-hydrogen) atoms. The number of aromatic nitrogens is 2. The summed E-state index contributed by atoms with van der Waals surface area (Å²) in [7, 11) is 0. The molecule has 6 nitrogen and oxygen atoms in total. The third-order valence-electron chi connectivity index (χ3n) is 9.10. The van der Waals surface area contributed by atoms with Gasteiger partial charge in [0, 0.05) is 19.0 Å². The zero-order chi connectivity index (χ0) is 28.1. The first-order valence-corrected chi connectivity index (χ1v) is 15.2. The van der Waals surface area contributed by atoms with E-state index in [2.05, 4.69) is 70.7 Å².